The van der Waals surface area contributed by atoms with E-state index in [0.29, 0.717) is 27.0 Å². The third kappa shape index (κ3) is 5.03. The maximum Gasteiger partial charge on any atom is 0.266 e. The van der Waals surface area contributed by atoms with Crippen LogP contribution in [0.3, 0.4) is 0 Å². The van der Waals surface area contributed by atoms with Gasteiger partial charge in [0.1, 0.15) is 0 Å². The standard InChI is InChI=1S/C27H32ClN3O2S/c1-5-17(2)20-9-12-22(13-10-20)31-26(33)23-15-21(28)11-14-24(23)29-27(31)34-16-25(32)30-18(3)7-6-8-19(30)4/h9-15,17-19H,5-8,16H2,1-4H3/t17-,18+,19+/m1/s1. The van der Waals surface area contributed by atoms with E-state index in [1.165, 1.54) is 17.3 Å². The Morgan fingerprint density at radius 1 is 1.15 bits per heavy atom. The quantitative estimate of drug-likeness (QED) is 0.290. The van der Waals surface area contributed by atoms with E-state index in [4.69, 9.17) is 16.6 Å². The average Bonchev–Trinajstić information content (AvgIpc) is 2.83. The van der Waals surface area contributed by atoms with E-state index >= 15 is 0 Å². The van der Waals surface area contributed by atoms with Gasteiger partial charge in [0.25, 0.3) is 5.56 Å². The van der Waals surface area contributed by atoms with E-state index in [2.05, 4.69) is 39.8 Å². The summed E-state index contributed by atoms with van der Waals surface area (Å²) in [5.74, 6) is 0.777. The topological polar surface area (TPSA) is 55.2 Å². The first kappa shape index (κ1) is 24.8. The van der Waals surface area contributed by atoms with Gasteiger partial charge in [-0.05, 0) is 81.3 Å². The van der Waals surface area contributed by atoms with E-state index in [1.54, 1.807) is 22.8 Å². The molecule has 4 rings (SSSR count). The fourth-order valence-electron chi connectivity index (χ4n) is 4.76. The zero-order chi connectivity index (χ0) is 24.4. The van der Waals surface area contributed by atoms with E-state index in [1.807, 2.05) is 17.0 Å². The summed E-state index contributed by atoms with van der Waals surface area (Å²) in [5.41, 5.74) is 2.37. The van der Waals surface area contributed by atoms with Crippen molar-refractivity contribution in [3.05, 3.63) is 63.4 Å². The van der Waals surface area contributed by atoms with Gasteiger partial charge in [-0.15, -0.1) is 0 Å². The number of carbonyl (C=O) groups excluding carboxylic acids is 1. The largest absolute Gasteiger partial charge is 0.337 e. The van der Waals surface area contributed by atoms with Crippen molar-refractivity contribution in [2.24, 2.45) is 0 Å². The van der Waals surface area contributed by atoms with Gasteiger partial charge in [-0.25, -0.2) is 4.98 Å². The van der Waals surface area contributed by atoms with E-state index in [-0.39, 0.29) is 29.3 Å². The van der Waals surface area contributed by atoms with Crippen molar-refractivity contribution in [1.29, 1.82) is 0 Å². The molecule has 1 saturated heterocycles. The summed E-state index contributed by atoms with van der Waals surface area (Å²) in [6.45, 7) is 8.59. The average molecular weight is 498 g/mol. The molecule has 2 heterocycles. The SMILES string of the molecule is CC[C@@H](C)c1ccc(-n2c(SCC(=O)N3[C@@H](C)CCC[C@@H]3C)nc3ccc(Cl)cc3c2=O)cc1. The van der Waals surface area contributed by atoms with Gasteiger partial charge in [-0.3, -0.25) is 14.2 Å². The number of benzene rings is 2. The first-order valence-corrected chi connectivity index (χ1v) is 13.4. The van der Waals surface area contributed by atoms with Crippen molar-refractivity contribution in [2.75, 3.05) is 5.75 Å². The Bertz CT molecular complexity index is 1230. The second-order valence-electron chi connectivity index (χ2n) is 9.32. The number of fused-ring (bicyclic) bond motifs is 1. The fourth-order valence-corrected chi connectivity index (χ4v) is 5.82. The molecule has 1 amide bonds. The molecule has 0 radical (unpaired) electrons. The van der Waals surface area contributed by atoms with Crippen LogP contribution in [0.15, 0.2) is 52.4 Å². The van der Waals surface area contributed by atoms with Gasteiger partial charge >= 0.3 is 0 Å². The summed E-state index contributed by atoms with van der Waals surface area (Å²) < 4.78 is 1.61. The molecule has 0 unspecified atom stereocenters. The van der Waals surface area contributed by atoms with E-state index < -0.39 is 0 Å². The number of likely N-dealkylation sites (tertiary alicyclic amines) is 1. The number of aromatic nitrogens is 2. The number of hydrogen-bond acceptors (Lipinski definition) is 4. The molecule has 1 aliphatic rings. The second kappa shape index (κ2) is 10.5. The Kier molecular flexibility index (Phi) is 7.68. The first-order valence-electron chi connectivity index (χ1n) is 12.1. The molecule has 0 aliphatic carbocycles. The first-order chi connectivity index (χ1) is 16.3. The van der Waals surface area contributed by atoms with Crippen molar-refractivity contribution >= 4 is 40.2 Å². The van der Waals surface area contributed by atoms with Gasteiger partial charge in [0.2, 0.25) is 5.91 Å². The molecule has 0 N–H and O–H groups in total. The number of carbonyl (C=O) groups is 1. The molecule has 1 aliphatic heterocycles. The van der Waals surface area contributed by atoms with Crippen LogP contribution in [0.2, 0.25) is 5.02 Å². The highest BCUT2D eigenvalue weighted by Gasteiger charge is 2.29. The van der Waals surface area contributed by atoms with Crippen molar-refractivity contribution in [3.8, 4) is 5.69 Å². The molecular weight excluding hydrogens is 466 g/mol. The van der Waals surface area contributed by atoms with Crippen LogP contribution in [-0.4, -0.2) is 38.2 Å². The van der Waals surface area contributed by atoms with Crippen LogP contribution in [0.4, 0.5) is 0 Å². The zero-order valence-electron chi connectivity index (χ0n) is 20.3. The van der Waals surface area contributed by atoms with Crippen LogP contribution in [-0.2, 0) is 4.79 Å². The van der Waals surface area contributed by atoms with Crippen molar-refractivity contribution in [2.45, 2.75) is 76.5 Å². The fraction of sp³-hybridized carbons (Fsp3) is 0.444. The molecular formula is C27H32ClN3O2S. The number of piperidine rings is 1. The molecule has 7 heteroatoms. The Balaban J connectivity index is 1.72. The summed E-state index contributed by atoms with van der Waals surface area (Å²) in [4.78, 5) is 33.5. The zero-order valence-corrected chi connectivity index (χ0v) is 21.8. The number of thioether (sulfide) groups is 1. The number of nitrogens with zero attached hydrogens (tertiary/aromatic N) is 3. The van der Waals surface area contributed by atoms with Crippen LogP contribution >= 0.6 is 23.4 Å². The van der Waals surface area contributed by atoms with Crippen LogP contribution in [0, 0.1) is 0 Å². The highest BCUT2D eigenvalue weighted by Crippen LogP contribution is 2.27. The maximum absolute atomic E-state index is 13.6. The Morgan fingerprint density at radius 3 is 2.47 bits per heavy atom. The van der Waals surface area contributed by atoms with Crippen LogP contribution < -0.4 is 5.56 Å². The highest BCUT2D eigenvalue weighted by molar-refractivity contribution is 7.99. The maximum atomic E-state index is 13.6. The molecule has 1 fully saturated rings. The van der Waals surface area contributed by atoms with Crippen LogP contribution in [0.5, 0.6) is 0 Å². The van der Waals surface area contributed by atoms with Crippen molar-refractivity contribution in [1.82, 2.24) is 14.5 Å². The third-order valence-corrected chi connectivity index (χ3v) is 8.10. The van der Waals surface area contributed by atoms with Gasteiger partial charge in [0, 0.05) is 17.1 Å². The molecule has 180 valence electrons. The molecule has 34 heavy (non-hydrogen) atoms. The number of rotatable bonds is 6. The summed E-state index contributed by atoms with van der Waals surface area (Å²) in [6.07, 6.45) is 4.26. The van der Waals surface area contributed by atoms with Gasteiger partial charge in [-0.2, -0.15) is 0 Å². The lowest BCUT2D eigenvalue weighted by Gasteiger charge is -2.39. The Hall–Kier alpha value is -2.31. The molecule has 0 saturated carbocycles. The number of amides is 1. The minimum absolute atomic E-state index is 0.0915. The number of halogens is 1. The molecule has 2 aromatic carbocycles. The lowest BCUT2D eigenvalue weighted by Crippen LogP contribution is -2.48. The normalized spacial score (nSPS) is 19.4. The molecule has 5 nitrogen and oxygen atoms in total. The van der Waals surface area contributed by atoms with Gasteiger partial charge in [0.05, 0.1) is 22.3 Å². The molecule has 3 aromatic rings. The number of hydrogen-bond donors (Lipinski definition) is 0. The minimum Gasteiger partial charge on any atom is -0.337 e. The monoisotopic (exact) mass is 497 g/mol. The smallest absolute Gasteiger partial charge is 0.266 e. The summed E-state index contributed by atoms with van der Waals surface area (Å²) in [6, 6.07) is 13.7. The van der Waals surface area contributed by atoms with E-state index in [0.717, 1.165) is 31.4 Å². The van der Waals surface area contributed by atoms with E-state index in [9.17, 15) is 9.59 Å². The van der Waals surface area contributed by atoms with Crippen LogP contribution in [0.25, 0.3) is 16.6 Å². The Morgan fingerprint density at radius 2 is 1.82 bits per heavy atom. The summed E-state index contributed by atoms with van der Waals surface area (Å²) in [5, 5.41) is 1.47. The van der Waals surface area contributed by atoms with Crippen molar-refractivity contribution < 1.29 is 4.79 Å². The van der Waals surface area contributed by atoms with Crippen molar-refractivity contribution in [3.63, 3.8) is 0 Å². The summed E-state index contributed by atoms with van der Waals surface area (Å²) in [7, 11) is 0. The summed E-state index contributed by atoms with van der Waals surface area (Å²) >= 11 is 7.51. The highest BCUT2D eigenvalue weighted by atomic mass is 35.5. The molecule has 1 aromatic heterocycles. The third-order valence-electron chi connectivity index (χ3n) is 6.94. The molecule has 3 atom stereocenters. The van der Waals surface area contributed by atoms with Gasteiger partial charge in [-0.1, -0.05) is 49.3 Å². The van der Waals surface area contributed by atoms with Gasteiger partial charge < -0.3 is 4.90 Å². The minimum atomic E-state index is -0.182. The van der Waals surface area contributed by atoms with Crippen LogP contribution in [0.1, 0.15) is 64.9 Å². The molecule has 0 bridgehead atoms. The predicted molar refractivity (Wildman–Crippen MR) is 141 cm³/mol. The van der Waals surface area contributed by atoms with Gasteiger partial charge in [0.15, 0.2) is 5.16 Å². The Labute approximate surface area is 210 Å². The lowest BCUT2D eigenvalue weighted by molar-refractivity contribution is -0.134. The molecule has 0 spiro atoms. The lowest BCUT2D eigenvalue weighted by atomic mass is 9.98. The second-order valence-corrected chi connectivity index (χ2v) is 10.7. The predicted octanol–water partition coefficient (Wildman–Crippen LogP) is 6.43.